The molecule has 0 saturated carbocycles. The highest BCUT2D eigenvalue weighted by atomic mass is 127. The van der Waals surface area contributed by atoms with Gasteiger partial charge >= 0.3 is 0 Å². The summed E-state index contributed by atoms with van der Waals surface area (Å²) in [5.41, 5.74) is 1.76. The zero-order valence-electron chi connectivity index (χ0n) is 14.9. The van der Waals surface area contributed by atoms with E-state index in [4.69, 9.17) is 0 Å². The largest absolute Gasteiger partial charge is 0.356 e. The minimum absolute atomic E-state index is 0. The van der Waals surface area contributed by atoms with Gasteiger partial charge in [-0.15, -0.1) is 35.3 Å². The molecule has 6 nitrogen and oxygen atoms in total. The van der Waals surface area contributed by atoms with E-state index in [9.17, 15) is 8.42 Å². The molecule has 3 N–H and O–H groups in total. The Bertz CT molecular complexity index is 793. The van der Waals surface area contributed by atoms with Crippen molar-refractivity contribution in [1.82, 2.24) is 15.4 Å². The van der Waals surface area contributed by atoms with E-state index in [0.717, 1.165) is 30.1 Å². The smallest absolute Gasteiger partial charge is 0.215 e. The molecule has 26 heavy (non-hydrogen) atoms. The lowest BCUT2D eigenvalue weighted by molar-refractivity contribution is 0.587. The first kappa shape index (κ1) is 22.9. The number of thiophene rings is 1. The van der Waals surface area contributed by atoms with Gasteiger partial charge in [0.1, 0.15) is 0 Å². The molecule has 0 atom stereocenters. The fourth-order valence-corrected chi connectivity index (χ4v) is 3.76. The third kappa shape index (κ3) is 8.02. The molecular weight excluding hydrogens is 483 g/mol. The summed E-state index contributed by atoms with van der Waals surface area (Å²) in [6.45, 7) is 1.38. The van der Waals surface area contributed by atoms with Crippen LogP contribution in [0.2, 0.25) is 0 Å². The average molecular weight is 508 g/mol. The number of halogens is 1. The molecule has 9 heteroatoms. The maximum absolute atomic E-state index is 11.7. The van der Waals surface area contributed by atoms with Crippen LogP contribution in [0.3, 0.4) is 0 Å². The van der Waals surface area contributed by atoms with Crippen LogP contribution in [0.1, 0.15) is 16.0 Å². The van der Waals surface area contributed by atoms with Crippen molar-refractivity contribution >= 4 is 51.3 Å². The van der Waals surface area contributed by atoms with Gasteiger partial charge in [0.2, 0.25) is 10.0 Å². The predicted molar refractivity (Wildman–Crippen MR) is 120 cm³/mol. The summed E-state index contributed by atoms with van der Waals surface area (Å²) in [5.74, 6) is 0.704. The first-order chi connectivity index (χ1) is 12.0. The highest BCUT2D eigenvalue weighted by Gasteiger charge is 2.09. The second-order valence-electron chi connectivity index (χ2n) is 5.47. The molecule has 0 aliphatic heterocycles. The van der Waals surface area contributed by atoms with Crippen molar-refractivity contribution < 1.29 is 8.42 Å². The number of nitrogens with one attached hydrogen (secondary N) is 3. The van der Waals surface area contributed by atoms with Crippen LogP contribution in [-0.4, -0.2) is 35.0 Å². The lowest BCUT2D eigenvalue weighted by Gasteiger charge is -2.12. The Balaban J connectivity index is 0.00000338. The van der Waals surface area contributed by atoms with Crippen LogP contribution >= 0.6 is 35.3 Å². The molecule has 0 amide bonds. The van der Waals surface area contributed by atoms with Gasteiger partial charge < -0.3 is 10.6 Å². The monoisotopic (exact) mass is 508 g/mol. The number of hydrogen-bond acceptors (Lipinski definition) is 4. The molecule has 144 valence electrons. The van der Waals surface area contributed by atoms with Gasteiger partial charge in [-0.25, -0.2) is 13.1 Å². The van der Waals surface area contributed by atoms with Crippen molar-refractivity contribution in [3.05, 3.63) is 57.8 Å². The van der Waals surface area contributed by atoms with Crippen LogP contribution < -0.4 is 15.4 Å². The van der Waals surface area contributed by atoms with Gasteiger partial charge in [0.05, 0.1) is 5.75 Å². The Kier molecular flexibility index (Phi) is 10.1. The fourth-order valence-electron chi connectivity index (χ4n) is 2.29. The van der Waals surface area contributed by atoms with E-state index in [2.05, 4.69) is 31.8 Å². The second kappa shape index (κ2) is 11.5. The van der Waals surface area contributed by atoms with Crippen molar-refractivity contribution in [3.8, 4) is 0 Å². The minimum atomic E-state index is -3.26. The SMILES string of the molecule is CN=C(NCCc1cccs1)NCc1cccc(CS(=O)(=O)NC)c1.I. The topological polar surface area (TPSA) is 82.6 Å². The van der Waals surface area contributed by atoms with Crippen molar-refractivity contribution in [2.24, 2.45) is 4.99 Å². The van der Waals surface area contributed by atoms with Crippen LogP contribution in [0.25, 0.3) is 0 Å². The molecule has 1 aromatic heterocycles. The Morgan fingerprint density at radius 1 is 1.15 bits per heavy atom. The molecule has 0 aliphatic rings. The van der Waals surface area contributed by atoms with Gasteiger partial charge in [0, 0.05) is 25.0 Å². The maximum Gasteiger partial charge on any atom is 0.215 e. The number of nitrogens with zero attached hydrogens (tertiary/aromatic N) is 1. The highest BCUT2D eigenvalue weighted by Crippen LogP contribution is 2.09. The summed E-state index contributed by atoms with van der Waals surface area (Å²) in [6, 6.07) is 11.7. The van der Waals surface area contributed by atoms with Crippen molar-refractivity contribution in [2.45, 2.75) is 18.7 Å². The molecule has 1 aromatic carbocycles. The van der Waals surface area contributed by atoms with Crippen molar-refractivity contribution in [2.75, 3.05) is 20.6 Å². The van der Waals surface area contributed by atoms with E-state index in [0.29, 0.717) is 6.54 Å². The standard InChI is InChI=1S/C17H24N4O2S2.HI/c1-18-17(20-9-8-16-7-4-10-24-16)21-12-14-5-3-6-15(11-14)13-25(22,23)19-2;/h3-7,10-11,19H,8-9,12-13H2,1-2H3,(H2,18,20,21);1H. The molecule has 0 bridgehead atoms. The highest BCUT2D eigenvalue weighted by molar-refractivity contribution is 14.0. The van der Waals surface area contributed by atoms with Gasteiger partial charge in [-0.3, -0.25) is 4.99 Å². The molecule has 0 radical (unpaired) electrons. The summed E-state index contributed by atoms with van der Waals surface area (Å²) >= 11 is 1.75. The first-order valence-electron chi connectivity index (χ1n) is 7.98. The third-order valence-electron chi connectivity index (χ3n) is 3.59. The number of sulfonamides is 1. The quantitative estimate of drug-likeness (QED) is 0.291. The molecular formula is C17H25IN4O2S2. The van der Waals surface area contributed by atoms with Gasteiger partial charge in [0.25, 0.3) is 0 Å². The van der Waals surface area contributed by atoms with E-state index in [1.165, 1.54) is 11.9 Å². The Labute approximate surface area is 176 Å². The Hall–Kier alpha value is -1.17. The van der Waals surface area contributed by atoms with Gasteiger partial charge in [-0.2, -0.15) is 0 Å². The van der Waals surface area contributed by atoms with Crippen LogP contribution in [0.4, 0.5) is 0 Å². The third-order valence-corrected chi connectivity index (χ3v) is 5.86. The molecule has 0 unspecified atom stereocenters. The Morgan fingerprint density at radius 2 is 1.92 bits per heavy atom. The van der Waals surface area contributed by atoms with Gasteiger partial charge in [-0.1, -0.05) is 30.3 Å². The van der Waals surface area contributed by atoms with Gasteiger partial charge in [-0.05, 0) is 36.0 Å². The molecule has 0 fully saturated rings. The molecule has 2 aromatic rings. The number of aliphatic imine (C=N–C) groups is 1. The number of rotatable bonds is 8. The molecule has 0 saturated heterocycles. The number of benzene rings is 1. The van der Waals surface area contributed by atoms with Crippen molar-refractivity contribution in [1.29, 1.82) is 0 Å². The molecule has 0 aliphatic carbocycles. The van der Waals surface area contributed by atoms with Crippen LogP contribution in [0.15, 0.2) is 46.8 Å². The first-order valence-corrected chi connectivity index (χ1v) is 10.5. The van der Waals surface area contributed by atoms with E-state index in [-0.39, 0.29) is 29.7 Å². The zero-order valence-corrected chi connectivity index (χ0v) is 18.8. The fraction of sp³-hybridized carbons (Fsp3) is 0.353. The number of guanidine groups is 1. The van der Waals surface area contributed by atoms with E-state index in [1.807, 2.05) is 30.3 Å². The minimum Gasteiger partial charge on any atom is -0.356 e. The summed E-state index contributed by atoms with van der Waals surface area (Å²) < 4.78 is 25.6. The lowest BCUT2D eigenvalue weighted by Crippen LogP contribution is -2.37. The summed E-state index contributed by atoms with van der Waals surface area (Å²) in [7, 11) is -0.109. The Morgan fingerprint density at radius 3 is 2.58 bits per heavy atom. The summed E-state index contributed by atoms with van der Waals surface area (Å²) in [4.78, 5) is 5.54. The summed E-state index contributed by atoms with van der Waals surface area (Å²) in [5, 5.41) is 8.60. The van der Waals surface area contributed by atoms with Crippen molar-refractivity contribution in [3.63, 3.8) is 0 Å². The van der Waals surface area contributed by atoms with E-state index in [1.54, 1.807) is 18.4 Å². The zero-order chi connectivity index (χ0) is 18.1. The molecule has 2 rings (SSSR count). The van der Waals surface area contributed by atoms with Crippen LogP contribution in [0, 0.1) is 0 Å². The normalized spacial score (nSPS) is 11.7. The number of hydrogen-bond donors (Lipinski definition) is 3. The predicted octanol–water partition coefficient (Wildman–Crippen LogP) is 2.32. The molecule has 1 heterocycles. The second-order valence-corrected chi connectivity index (χ2v) is 8.42. The van der Waals surface area contributed by atoms with Crippen LogP contribution in [-0.2, 0) is 28.7 Å². The molecule has 0 spiro atoms. The lowest BCUT2D eigenvalue weighted by atomic mass is 10.1. The van der Waals surface area contributed by atoms with E-state index >= 15 is 0 Å². The maximum atomic E-state index is 11.7. The van der Waals surface area contributed by atoms with E-state index < -0.39 is 10.0 Å². The average Bonchev–Trinajstić information content (AvgIpc) is 3.11. The summed E-state index contributed by atoms with van der Waals surface area (Å²) in [6.07, 6.45) is 0.954. The van der Waals surface area contributed by atoms with Crippen LogP contribution in [0.5, 0.6) is 0 Å². The van der Waals surface area contributed by atoms with Gasteiger partial charge in [0.15, 0.2) is 5.96 Å².